The number of ether oxygens (including phenoxy) is 2. The number of carbonyl (C=O) groups excluding carboxylic acids is 2. The van der Waals surface area contributed by atoms with E-state index in [0.29, 0.717) is 4.88 Å². The lowest BCUT2D eigenvalue weighted by molar-refractivity contribution is -0.160. The van der Waals surface area contributed by atoms with Crippen LogP contribution in [-0.4, -0.2) is 60.4 Å². The number of carboxylic acid groups (broad SMARTS) is 1. The molecule has 1 aliphatic heterocycles. The Morgan fingerprint density at radius 2 is 1.74 bits per heavy atom. The van der Waals surface area contributed by atoms with Crippen LogP contribution in [0.3, 0.4) is 0 Å². The van der Waals surface area contributed by atoms with Gasteiger partial charge in [0, 0.05) is 17.3 Å². The second-order valence-electron chi connectivity index (χ2n) is 8.40. The van der Waals surface area contributed by atoms with Crippen molar-refractivity contribution in [2.75, 3.05) is 26.3 Å². The minimum Gasteiger partial charge on any atom is -0.479 e. The first-order valence-corrected chi connectivity index (χ1v) is 12.2. The molecule has 0 radical (unpaired) electrons. The first-order valence-electron chi connectivity index (χ1n) is 11.3. The second kappa shape index (κ2) is 9.89. The zero-order valence-electron chi connectivity index (χ0n) is 18.8. The quantitative estimate of drug-likeness (QED) is 0.544. The Hall–Kier alpha value is -3.69. The summed E-state index contributed by atoms with van der Waals surface area (Å²) in [5, 5.41) is 13.8. The average Bonchev–Trinajstić information content (AvgIpc) is 3.52. The molecule has 0 spiro atoms. The normalized spacial score (nSPS) is 17.8. The zero-order chi connectivity index (χ0) is 24.4. The van der Waals surface area contributed by atoms with E-state index >= 15 is 0 Å². The van der Waals surface area contributed by atoms with Crippen molar-refractivity contribution in [2.45, 2.75) is 18.1 Å². The van der Waals surface area contributed by atoms with Gasteiger partial charge >= 0.3 is 12.1 Å². The minimum absolute atomic E-state index is 0.0809. The molecule has 0 bridgehead atoms. The van der Waals surface area contributed by atoms with Crippen molar-refractivity contribution in [1.82, 2.24) is 10.2 Å². The third-order valence-electron chi connectivity index (χ3n) is 6.33. The van der Waals surface area contributed by atoms with Gasteiger partial charge in [-0.2, -0.15) is 0 Å². The third-order valence-corrected chi connectivity index (χ3v) is 7.27. The molecule has 2 heterocycles. The van der Waals surface area contributed by atoms with Crippen molar-refractivity contribution in [3.05, 3.63) is 82.0 Å². The van der Waals surface area contributed by atoms with Crippen molar-refractivity contribution in [3.63, 3.8) is 0 Å². The standard InChI is InChI=1S/C26H24N2O6S/c29-24(28-11-12-33-21(14-28)25(30)31)23(22-10-5-13-35-22)27-26(32)34-15-20-18-8-3-1-6-16(18)17-7-2-4-9-19(17)20/h1-10,13,20-21,23H,11-12,14-15H2,(H,27,32)(H,30,31). The van der Waals surface area contributed by atoms with E-state index < -0.39 is 30.1 Å². The number of morpholine rings is 1. The summed E-state index contributed by atoms with van der Waals surface area (Å²) in [5.41, 5.74) is 4.45. The molecular weight excluding hydrogens is 468 g/mol. The molecule has 2 amide bonds. The van der Waals surface area contributed by atoms with E-state index in [2.05, 4.69) is 17.4 Å². The van der Waals surface area contributed by atoms with E-state index in [-0.39, 0.29) is 32.2 Å². The molecule has 2 unspecified atom stereocenters. The van der Waals surface area contributed by atoms with Crippen molar-refractivity contribution in [1.29, 1.82) is 0 Å². The van der Waals surface area contributed by atoms with E-state index in [9.17, 15) is 19.5 Å². The fourth-order valence-corrected chi connectivity index (χ4v) is 5.42. The molecule has 2 N–H and O–H groups in total. The maximum atomic E-state index is 13.3. The van der Waals surface area contributed by atoms with Crippen LogP contribution in [0.5, 0.6) is 0 Å². The number of nitrogens with zero attached hydrogens (tertiary/aromatic N) is 1. The van der Waals surface area contributed by atoms with E-state index in [1.54, 1.807) is 12.1 Å². The SMILES string of the molecule is O=C(NC(C(=O)N1CCOC(C(=O)O)C1)c1cccs1)OCC1c2ccccc2-c2ccccc21. The topological polar surface area (TPSA) is 105 Å². The van der Waals surface area contributed by atoms with Crippen LogP contribution in [0.1, 0.15) is 28.0 Å². The fourth-order valence-electron chi connectivity index (χ4n) is 4.65. The lowest BCUT2D eigenvalue weighted by Crippen LogP contribution is -2.52. The van der Waals surface area contributed by atoms with E-state index in [0.717, 1.165) is 22.3 Å². The highest BCUT2D eigenvalue weighted by Gasteiger charge is 2.35. The summed E-state index contributed by atoms with van der Waals surface area (Å²) < 4.78 is 10.9. The van der Waals surface area contributed by atoms with Gasteiger partial charge in [-0.15, -0.1) is 11.3 Å². The molecule has 1 fully saturated rings. The van der Waals surface area contributed by atoms with Gasteiger partial charge in [-0.25, -0.2) is 9.59 Å². The van der Waals surface area contributed by atoms with Crippen molar-refractivity contribution < 1.29 is 29.0 Å². The Morgan fingerprint density at radius 3 is 2.37 bits per heavy atom. The molecule has 1 aromatic heterocycles. The summed E-state index contributed by atoms with van der Waals surface area (Å²) in [5.74, 6) is -1.62. The van der Waals surface area contributed by atoms with Gasteiger partial charge < -0.3 is 24.8 Å². The average molecular weight is 493 g/mol. The number of hydrogen-bond donors (Lipinski definition) is 2. The van der Waals surface area contributed by atoms with Crippen molar-refractivity contribution in [3.8, 4) is 11.1 Å². The number of nitrogens with one attached hydrogen (secondary N) is 1. The van der Waals surface area contributed by atoms with Crippen LogP contribution < -0.4 is 5.32 Å². The highest BCUT2D eigenvalue weighted by molar-refractivity contribution is 7.10. The monoisotopic (exact) mass is 492 g/mol. The maximum Gasteiger partial charge on any atom is 0.408 e. The molecule has 2 aromatic carbocycles. The summed E-state index contributed by atoms with van der Waals surface area (Å²) in [6.45, 7) is 0.411. The summed E-state index contributed by atoms with van der Waals surface area (Å²) in [7, 11) is 0. The first-order chi connectivity index (χ1) is 17.0. The Morgan fingerprint density at radius 1 is 1.06 bits per heavy atom. The molecule has 1 aliphatic carbocycles. The summed E-state index contributed by atoms with van der Waals surface area (Å²) in [6, 6.07) is 18.7. The lowest BCUT2D eigenvalue weighted by Gasteiger charge is -2.33. The first kappa shape index (κ1) is 23.1. The van der Waals surface area contributed by atoms with Crippen LogP contribution in [0.4, 0.5) is 4.79 Å². The van der Waals surface area contributed by atoms with Crippen LogP contribution in [-0.2, 0) is 19.1 Å². The van der Waals surface area contributed by atoms with E-state index in [1.807, 2.05) is 41.8 Å². The zero-order valence-corrected chi connectivity index (χ0v) is 19.6. The van der Waals surface area contributed by atoms with Crippen molar-refractivity contribution in [2.24, 2.45) is 0 Å². The molecule has 2 aliphatic rings. The van der Waals surface area contributed by atoms with Crippen LogP contribution in [0.25, 0.3) is 11.1 Å². The predicted molar refractivity (Wildman–Crippen MR) is 129 cm³/mol. The molecule has 9 heteroatoms. The molecule has 5 rings (SSSR count). The summed E-state index contributed by atoms with van der Waals surface area (Å²) in [4.78, 5) is 39.6. The van der Waals surface area contributed by atoms with Gasteiger partial charge in [0.1, 0.15) is 12.6 Å². The molecule has 3 aromatic rings. The van der Waals surface area contributed by atoms with Gasteiger partial charge in [0.05, 0.1) is 13.2 Å². The number of aliphatic carboxylic acids is 1. The Labute approximate surface area is 206 Å². The van der Waals surface area contributed by atoms with Crippen LogP contribution in [0.15, 0.2) is 66.0 Å². The van der Waals surface area contributed by atoms with Crippen molar-refractivity contribution >= 4 is 29.3 Å². The molecule has 35 heavy (non-hydrogen) atoms. The number of amides is 2. The Kier molecular flexibility index (Phi) is 6.52. The summed E-state index contributed by atoms with van der Waals surface area (Å²) in [6.07, 6.45) is -1.80. The number of hydrogen-bond acceptors (Lipinski definition) is 6. The number of thiophene rings is 1. The number of benzene rings is 2. The summed E-state index contributed by atoms with van der Waals surface area (Å²) >= 11 is 1.33. The second-order valence-corrected chi connectivity index (χ2v) is 9.38. The van der Waals surface area contributed by atoms with E-state index in [4.69, 9.17) is 9.47 Å². The third kappa shape index (κ3) is 4.65. The minimum atomic E-state index is -1.13. The smallest absolute Gasteiger partial charge is 0.408 e. The van der Waals surface area contributed by atoms with E-state index in [1.165, 1.54) is 16.2 Å². The maximum absolute atomic E-state index is 13.3. The van der Waals surface area contributed by atoms with Crippen LogP contribution >= 0.6 is 11.3 Å². The highest BCUT2D eigenvalue weighted by Crippen LogP contribution is 2.44. The molecular formula is C26H24N2O6S. The number of rotatable bonds is 6. The molecule has 8 nitrogen and oxygen atoms in total. The highest BCUT2D eigenvalue weighted by atomic mass is 32.1. The lowest BCUT2D eigenvalue weighted by atomic mass is 9.98. The Balaban J connectivity index is 1.29. The van der Waals surface area contributed by atoms with Gasteiger partial charge in [-0.1, -0.05) is 54.6 Å². The van der Waals surface area contributed by atoms with Gasteiger partial charge in [0.25, 0.3) is 5.91 Å². The molecule has 0 saturated carbocycles. The molecule has 180 valence electrons. The Bertz CT molecular complexity index is 1200. The van der Waals surface area contributed by atoms with Gasteiger partial charge in [0.15, 0.2) is 6.10 Å². The molecule has 2 atom stereocenters. The number of carbonyl (C=O) groups is 3. The van der Waals surface area contributed by atoms with Gasteiger partial charge in [-0.05, 0) is 33.7 Å². The fraction of sp³-hybridized carbons (Fsp3) is 0.269. The predicted octanol–water partition coefficient (Wildman–Crippen LogP) is 3.64. The number of alkyl carbamates (subject to hydrolysis) is 1. The van der Waals surface area contributed by atoms with Crippen LogP contribution in [0, 0.1) is 0 Å². The molecule has 1 saturated heterocycles. The van der Waals surface area contributed by atoms with Gasteiger partial charge in [0.2, 0.25) is 0 Å². The van der Waals surface area contributed by atoms with Gasteiger partial charge in [-0.3, -0.25) is 4.79 Å². The van der Waals surface area contributed by atoms with Crippen LogP contribution in [0.2, 0.25) is 0 Å². The number of carboxylic acids is 1. The largest absolute Gasteiger partial charge is 0.479 e. The number of fused-ring (bicyclic) bond motifs is 3.